The average molecular weight is 434 g/mol. The molecule has 0 bridgehead atoms. The van der Waals surface area contributed by atoms with Crippen molar-refractivity contribution in [3.63, 3.8) is 0 Å². The normalized spacial score (nSPS) is 11.5. The fraction of sp³-hybridized carbons (Fsp3) is 0.250. The molecule has 0 spiro atoms. The Bertz CT molecular complexity index is 800. The second kappa shape index (κ2) is 8.84. The Morgan fingerprint density at radius 2 is 2.00 bits per heavy atom. The zero-order valence-corrected chi connectivity index (χ0v) is 16.2. The summed E-state index contributed by atoms with van der Waals surface area (Å²) >= 11 is 4.72. The molecule has 0 amide bonds. The molecule has 0 aliphatic rings. The minimum absolute atomic E-state index is 0.0819. The summed E-state index contributed by atoms with van der Waals surface area (Å²) in [5.74, 6) is 1.06. The second-order valence-corrected chi connectivity index (χ2v) is 8.59. The maximum Gasteiger partial charge on any atom is 0.244 e. The van der Waals surface area contributed by atoms with Gasteiger partial charge < -0.3 is 4.74 Å². The molecule has 130 valence electrons. The maximum atomic E-state index is 13.5. The third-order valence-electron chi connectivity index (χ3n) is 3.17. The van der Waals surface area contributed by atoms with Gasteiger partial charge >= 0.3 is 0 Å². The number of thioether (sulfide) groups is 1. The molecule has 24 heavy (non-hydrogen) atoms. The van der Waals surface area contributed by atoms with Crippen LogP contribution >= 0.6 is 27.7 Å². The van der Waals surface area contributed by atoms with Crippen molar-refractivity contribution in [1.29, 1.82) is 0 Å². The number of hydrogen-bond acceptors (Lipinski definition) is 4. The van der Waals surface area contributed by atoms with Crippen LogP contribution < -0.4 is 9.46 Å². The summed E-state index contributed by atoms with van der Waals surface area (Å²) < 4.78 is 46.5. The Morgan fingerprint density at radius 1 is 1.25 bits per heavy atom. The summed E-state index contributed by atoms with van der Waals surface area (Å²) in [5.41, 5.74) is 0.610. The first-order valence-electron chi connectivity index (χ1n) is 7.08. The Balaban J connectivity index is 1.90. The lowest BCUT2D eigenvalue weighted by atomic mass is 10.2. The van der Waals surface area contributed by atoms with Gasteiger partial charge in [0, 0.05) is 22.5 Å². The number of rotatable bonds is 8. The van der Waals surface area contributed by atoms with Gasteiger partial charge in [-0.05, 0) is 29.8 Å². The molecule has 2 aromatic rings. The van der Waals surface area contributed by atoms with Crippen LogP contribution in [0.4, 0.5) is 4.39 Å². The molecule has 0 aliphatic carbocycles. The van der Waals surface area contributed by atoms with Gasteiger partial charge in [0.2, 0.25) is 10.0 Å². The first-order chi connectivity index (χ1) is 11.4. The number of ether oxygens (including phenoxy) is 1. The first kappa shape index (κ1) is 19.2. The number of hydrogen-bond donors (Lipinski definition) is 1. The van der Waals surface area contributed by atoms with Gasteiger partial charge in [-0.2, -0.15) is 11.8 Å². The Kier molecular flexibility index (Phi) is 7.09. The van der Waals surface area contributed by atoms with Crippen LogP contribution in [0.15, 0.2) is 51.8 Å². The molecule has 0 saturated carbocycles. The number of methoxy groups -OCH3 is 1. The predicted molar refractivity (Wildman–Crippen MR) is 98.4 cm³/mol. The molecule has 0 atom stereocenters. The highest BCUT2D eigenvalue weighted by atomic mass is 79.9. The van der Waals surface area contributed by atoms with Crippen molar-refractivity contribution in [1.82, 2.24) is 4.72 Å². The third kappa shape index (κ3) is 5.20. The zero-order valence-electron chi connectivity index (χ0n) is 13.0. The van der Waals surface area contributed by atoms with Crippen molar-refractivity contribution < 1.29 is 17.5 Å². The van der Waals surface area contributed by atoms with Gasteiger partial charge in [0.05, 0.1) is 7.11 Å². The highest BCUT2D eigenvalue weighted by Crippen LogP contribution is 2.27. The summed E-state index contributed by atoms with van der Waals surface area (Å²) in [6, 6.07) is 11.3. The second-order valence-electron chi connectivity index (χ2n) is 4.84. The van der Waals surface area contributed by atoms with E-state index in [1.165, 1.54) is 31.0 Å². The molecule has 1 N–H and O–H groups in total. The average Bonchev–Trinajstić information content (AvgIpc) is 2.56. The van der Waals surface area contributed by atoms with E-state index in [1.54, 1.807) is 30.3 Å². The van der Waals surface area contributed by atoms with Gasteiger partial charge in [-0.3, -0.25) is 0 Å². The topological polar surface area (TPSA) is 55.4 Å². The Labute approximate surface area is 154 Å². The molecule has 0 heterocycles. The van der Waals surface area contributed by atoms with Crippen LogP contribution in [-0.2, 0) is 15.8 Å². The van der Waals surface area contributed by atoms with Crippen molar-refractivity contribution in [2.75, 3.05) is 19.4 Å². The molecule has 0 aliphatic heterocycles. The zero-order chi connectivity index (χ0) is 17.6. The van der Waals surface area contributed by atoms with E-state index in [-0.39, 0.29) is 23.0 Å². The lowest BCUT2D eigenvalue weighted by Gasteiger charge is -2.11. The predicted octanol–water partition coefficient (Wildman–Crippen LogP) is 3.81. The molecule has 0 radical (unpaired) electrons. The molecule has 2 rings (SSSR count). The molecule has 0 fully saturated rings. The highest BCUT2D eigenvalue weighted by Gasteiger charge is 2.19. The smallest absolute Gasteiger partial charge is 0.244 e. The van der Waals surface area contributed by atoms with Gasteiger partial charge in [0.1, 0.15) is 16.5 Å². The summed E-state index contributed by atoms with van der Waals surface area (Å²) in [7, 11) is -2.25. The van der Waals surface area contributed by atoms with Crippen LogP contribution in [-0.4, -0.2) is 27.8 Å². The molecule has 0 aromatic heterocycles. The Morgan fingerprint density at radius 3 is 2.71 bits per heavy atom. The number of sulfonamides is 1. The van der Waals surface area contributed by atoms with Crippen LogP contribution in [0.2, 0.25) is 0 Å². The minimum atomic E-state index is -3.67. The molecule has 0 unspecified atom stereocenters. The quantitative estimate of drug-likeness (QED) is 0.643. The lowest BCUT2D eigenvalue weighted by Crippen LogP contribution is -2.26. The standard InChI is InChI=1S/C16H17BrFNO3S2/c1-22-15-7-6-13(17)10-16(15)24(20,21)19-8-9-23-11-12-4-2-3-5-14(12)18/h2-7,10,19H,8-9,11H2,1H3. The SMILES string of the molecule is COc1ccc(Br)cc1S(=O)(=O)NCCSCc1ccccc1F. The molecule has 0 saturated heterocycles. The summed E-state index contributed by atoms with van der Waals surface area (Å²) in [4.78, 5) is 0.0819. The van der Waals surface area contributed by atoms with Crippen LogP contribution in [0.3, 0.4) is 0 Å². The van der Waals surface area contributed by atoms with Gasteiger partial charge in [-0.15, -0.1) is 0 Å². The van der Waals surface area contributed by atoms with E-state index in [0.717, 1.165) is 0 Å². The van der Waals surface area contributed by atoms with E-state index >= 15 is 0 Å². The molecular weight excluding hydrogens is 417 g/mol. The van der Waals surface area contributed by atoms with E-state index in [1.807, 2.05) is 0 Å². The van der Waals surface area contributed by atoms with E-state index < -0.39 is 10.0 Å². The van der Waals surface area contributed by atoms with Gasteiger partial charge in [-0.25, -0.2) is 17.5 Å². The van der Waals surface area contributed by atoms with Crippen molar-refractivity contribution in [3.05, 3.63) is 58.3 Å². The van der Waals surface area contributed by atoms with Crippen LogP contribution in [0.1, 0.15) is 5.56 Å². The van der Waals surface area contributed by atoms with Crippen LogP contribution in [0.25, 0.3) is 0 Å². The van der Waals surface area contributed by atoms with Crippen LogP contribution in [0.5, 0.6) is 5.75 Å². The number of benzene rings is 2. The molecule has 2 aromatic carbocycles. The van der Waals surface area contributed by atoms with E-state index in [4.69, 9.17) is 4.74 Å². The molecule has 8 heteroatoms. The maximum absolute atomic E-state index is 13.5. The molecule has 4 nitrogen and oxygen atoms in total. The number of halogens is 2. The fourth-order valence-corrected chi connectivity index (χ4v) is 4.70. The number of nitrogens with one attached hydrogen (secondary N) is 1. The van der Waals surface area contributed by atoms with E-state index in [2.05, 4.69) is 20.7 Å². The largest absolute Gasteiger partial charge is 0.495 e. The van der Waals surface area contributed by atoms with Crippen LogP contribution in [0, 0.1) is 5.82 Å². The van der Waals surface area contributed by atoms with Gasteiger partial charge in [0.25, 0.3) is 0 Å². The van der Waals surface area contributed by atoms with Crippen molar-refractivity contribution in [3.8, 4) is 5.75 Å². The van der Waals surface area contributed by atoms with E-state index in [9.17, 15) is 12.8 Å². The molecular formula is C16H17BrFNO3S2. The minimum Gasteiger partial charge on any atom is -0.495 e. The van der Waals surface area contributed by atoms with E-state index in [0.29, 0.717) is 21.5 Å². The van der Waals surface area contributed by atoms with Crippen molar-refractivity contribution >= 4 is 37.7 Å². The summed E-state index contributed by atoms with van der Waals surface area (Å²) in [6.07, 6.45) is 0. The van der Waals surface area contributed by atoms with Gasteiger partial charge in [-0.1, -0.05) is 34.1 Å². The highest BCUT2D eigenvalue weighted by molar-refractivity contribution is 9.10. The van der Waals surface area contributed by atoms with Crippen molar-refractivity contribution in [2.24, 2.45) is 0 Å². The Hall–Kier alpha value is -1.09. The monoisotopic (exact) mass is 433 g/mol. The van der Waals surface area contributed by atoms with Crippen molar-refractivity contribution in [2.45, 2.75) is 10.6 Å². The summed E-state index contributed by atoms with van der Waals surface area (Å²) in [5, 5.41) is 0. The van der Waals surface area contributed by atoms with Gasteiger partial charge in [0.15, 0.2) is 0 Å². The fourth-order valence-electron chi connectivity index (χ4n) is 1.98. The summed E-state index contributed by atoms with van der Waals surface area (Å²) in [6.45, 7) is 0.247. The third-order valence-corrected chi connectivity index (χ3v) is 6.15. The first-order valence-corrected chi connectivity index (χ1v) is 10.5. The lowest BCUT2D eigenvalue weighted by molar-refractivity contribution is 0.402.